The largest absolute Gasteiger partial charge is 0.376 e. The van der Waals surface area contributed by atoms with Gasteiger partial charge in [-0.05, 0) is 67.9 Å². The molecule has 5 nitrogen and oxygen atoms in total. The molecule has 2 aromatic carbocycles. The van der Waals surface area contributed by atoms with Crippen LogP contribution in [-0.4, -0.2) is 47.7 Å². The highest BCUT2D eigenvalue weighted by atomic mass is 35.5. The lowest BCUT2D eigenvalue weighted by molar-refractivity contribution is -0.127. The van der Waals surface area contributed by atoms with Crippen molar-refractivity contribution in [2.24, 2.45) is 5.92 Å². The fourth-order valence-corrected chi connectivity index (χ4v) is 5.32. The summed E-state index contributed by atoms with van der Waals surface area (Å²) in [5, 5.41) is 5.17. The van der Waals surface area contributed by atoms with Crippen LogP contribution in [0.5, 0.6) is 0 Å². The summed E-state index contributed by atoms with van der Waals surface area (Å²) in [7, 11) is 0. The fourth-order valence-electron chi connectivity index (χ4n) is 5.13. The Hall–Kier alpha value is -2.34. The van der Waals surface area contributed by atoms with Crippen LogP contribution in [0, 0.1) is 5.92 Å². The summed E-state index contributed by atoms with van der Waals surface area (Å²) in [6, 6.07) is 18.9. The maximum Gasteiger partial charge on any atom is 0.223 e. The smallest absolute Gasteiger partial charge is 0.223 e. The molecule has 3 heterocycles. The van der Waals surface area contributed by atoms with Gasteiger partial charge >= 0.3 is 0 Å². The van der Waals surface area contributed by atoms with E-state index in [1.165, 1.54) is 16.6 Å². The molecule has 3 aromatic rings. The molecule has 5 rings (SSSR count). The van der Waals surface area contributed by atoms with Crippen molar-refractivity contribution in [1.82, 2.24) is 14.8 Å². The quantitative estimate of drug-likeness (QED) is 0.542. The number of nitrogens with one attached hydrogen (secondary N) is 1. The number of likely N-dealkylation sites (tertiary alicyclic amines) is 1. The predicted molar refractivity (Wildman–Crippen MR) is 132 cm³/mol. The van der Waals surface area contributed by atoms with Crippen molar-refractivity contribution < 1.29 is 9.53 Å². The Morgan fingerprint density at radius 3 is 2.61 bits per heavy atom. The van der Waals surface area contributed by atoms with Crippen molar-refractivity contribution in [1.29, 1.82) is 0 Å². The van der Waals surface area contributed by atoms with E-state index in [-0.39, 0.29) is 17.9 Å². The first kappa shape index (κ1) is 22.5. The van der Waals surface area contributed by atoms with E-state index in [2.05, 4.69) is 51.2 Å². The molecule has 2 aliphatic heterocycles. The number of hydrogen-bond donors (Lipinski definition) is 1. The molecule has 0 bridgehead atoms. The van der Waals surface area contributed by atoms with Gasteiger partial charge in [-0.2, -0.15) is 0 Å². The fraction of sp³-hybridized carbons (Fsp3) is 0.444. The molecule has 2 saturated heterocycles. The monoisotopic (exact) mass is 465 g/mol. The van der Waals surface area contributed by atoms with Crippen LogP contribution in [0.25, 0.3) is 10.9 Å². The topological polar surface area (TPSA) is 46.5 Å². The minimum atomic E-state index is 0.108. The standard InChI is InChI=1S/C27H32ClN3O2/c28-25-9-3-1-7-22(25)18-31-23(16-21-6-2-4-10-26(21)31)19-30-13-11-20(12-14-30)27(32)29-17-24-8-5-15-33-24/h1-4,6-7,9-10,16,20,24H,5,8,11-15,17-19H2,(H,29,32)/t24-/m0/s1. The average Bonchev–Trinajstić information content (AvgIpc) is 3.48. The highest BCUT2D eigenvalue weighted by Gasteiger charge is 2.26. The van der Waals surface area contributed by atoms with E-state index in [4.69, 9.17) is 16.3 Å². The molecule has 0 radical (unpaired) electrons. The second kappa shape index (κ2) is 10.3. The van der Waals surface area contributed by atoms with E-state index in [0.29, 0.717) is 6.54 Å². The lowest BCUT2D eigenvalue weighted by Gasteiger charge is -2.31. The SMILES string of the molecule is O=C(NC[C@@H]1CCCO1)C1CCN(Cc2cc3ccccc3n2Cc2ccccc2Cl)CC1. The Morgan fingerprint density at radius 1 is 1.03 bits per heavy atom. The van der Waals surface area contributed by atoms with Gasteiger partial charge in [0.2, 0.25) is 5.91 Å². The van der Waals surface area contributed by atoms with Crippen LogP contribution in [0.4, 0.5) is 0 Å². The summed E-state index contributed by atoms with van der Waals surface area (Å²) in [4.78, 5) is 15.1. The molecular weight excluding hydrogens is 434 g/mol. The third kappa shape index (κ3) is 5.26. The van der Waals surface area contributed by atoms with E-state index in [0.717, 1.165) is 69.1 Å². The van der Waals surface area contributed by atoms with Gasteiger partial charge in [0.1, 0.15) is 0 Å². The molecule has 0 unspecified atom stereocenters. The molecule has 1 aromatic heterocycles. The van der Waals surface area contributed by atoms with Crippen LogP contribution in [0.1, 0.15) is 36.9 Å². The molecule has 174 valence electrons. The van der Waals surface area contributed by atoms with Crippen LogP contribution in [0.2, 0.25) is 5.02 Å². The number of piperidine rings is 1. The van der Waals surface area contributed by atoms with Crippen LogP contribution in [-0.2, 0) is 22.6 Å². The number of carbonyl (C=O) groups excluding carboxylic acids is 1. The van der Waals surface area contributed by atoms with Gasteiger partial charge in [0.25, 0.3) is 0 Å². The van der Waals surface area contributed by atoms with Crippen molar-refractivity contribution in [3.05, 3.63) is 70.9 Å². The molecule has 1 amide bonds. The number of carbonyl (C=O) groups is 1. The van der Waals surface area contributed by atoms with Crippen LogP contribution in [0.15, 0.2) is 54.6 Å². The second-order valence-corrected chi connectivity index (χ2v) is 9.71. The second-order valence-electron chi connectivity index (χ2n) is 9.30. The lowest BCUT2D eigenvalue weighted by atomic mass is 9.95. The van der Waals surface area contributed by atoms with E-state index in [1.54, 1.807) is 0 Å². The van der Waals surface area contributed by atoms with Crippen molar-refractivity contribution >= 4 is 28.4 Å². The Morgan fingerprint density at radius 2 is 1.82 bits per heavy atom. The van der Waals surface area contributed by atoms with Gasteiger partial charge in [0, 0.05) is 48.4 Å². The highest BCUT2D eigenvalue weighted by molar-refractivity contribution is 6.31. The summed E-state index contributed by atoms with van der Waals surface area (Å²) >= 11 is 6.48. The Balaban J connectivity index is 1.23. The van der Waals surface area contributed by atoms with Crippen molar-refractivity contribution in [2.45, 2.75) is 44.9 Å². The van der Waals surface area contributed by atoms with E-state index >= 15 is 0 Å². The summed E-state index contributed by atoms with van der Waals surface area (Å²) in [5.41, 5.74) is 3.65. The number of fused-ring (bicyclic) bond motifs is 1. The van der Waals surface area contributed by atoms with E-state index in [9.17, 15) is 4.79 Å². The number of benzene rings is 2. The van der Waals surface area contributed by atoms with Crippen molar-refractivity contribution in [3.63, 3.8) is 0 Å². The molecule has 2 fully saturated rings. The van der Waals surface area contributed by atoms with Crippen LogP contribution < -0.4 is 5.32 Å². The van der Waals surface area contributed by atoms with Gasteiger partial charge in [-0.3, -0.25) is 9.69 Å². The van der Waals surface area contributed by atoms with Gasteiger partial charge in [-0.15, -0.1) is 0 Å². The predicted octanol–water partition coefficient (Wildman–Crippen LogP) is 4.85. The third-order valence-electron chi connectivity index (χ3n) is 7.05. The van der Waals surface area contributed by atoms with Crippen molar-refractivity contribution in [3.8, 4) is 0 Å². The average molecular weight is 466 g/mol. The van der Waals surface area contributed by atoms with Gasteiger partial charge in [0.05, 0.1) is 6.10 Å². The minimum absolute atomic E-state index is 0.108. The van der Waals surface area contributed by atoms with Gasteiger partial charge < -0.3 is 14.6 Å². The normalized spacial score (nSPS) is 19.8. The molecule has 0 aliphatic carbocycles. The first-order valence-electron chi connectivity index (χ1n) is 12.1. The molecule has 1 atom stereocenters. The Kier molecular flexibility index (Phi) is 7.00. The molecule has 6 heteroatoms. The zero-order valence-electron chi connectivity index (χ0n) is 19.0. The van der Waals surface area contributed by atoms with Crippen molar-refractivity contribution in [2.75, 3.05) is 26.2 Å². The summed E-state index contributed by atoms with van der Waals surface area (Å²) in [6.07, 6.45) is 4.17. The molecular formula is C27H32ClN3O2. The Labute approximate surface area is 200 Å². The maximum absolute atomic E-state index is 12.6. The molecule has 2 aliphatic rings. The maximum atomic E-state index is 12.6. The van der Waals surface area contributed by atoms with E-state index in [1.807, 2.05) is 18.2 Å². The molecule has 0 saturated carbocycles. The van der Waals surface area contributed by atoms with Gasteiger partial charge in [0.15, 0.2) is 0 Å². The number of amides is 1. The lowest BCUT2D eigenvalue weighted by Crippen LogP contribution is -2.42. The highest BCUT2D eigenvalue weighted by Crippen LogP contribution is 2.26. The molecule has 0 spiro atoms. The number of ether oxygens (including phenoxy) is 1. The Bertz CT molecular complexity index is 1100. The summed E-state index contributed by atoms with van der Waals surface area (Å²) in [5.74, 6) is 0.301. The number of halogens is 1. The molecule has 33 heavy (non-hydrogen) atoms. The minimum Gasteiger partial charge on any atom is -0.376 e. The van der Waals surface area contributed by atoms with Crippen LogP contribution in [0.3, 0.4) is 0 Å². The number of aromatic nitrogens is 1. The number of rotatable bonds is 7. The zero-order chi connectivity index (χ0) is 22.6. The van der Waals surface area contributed by atoms with Gasteiger partial charge in [-0.25, -0.2) is 0 Å². The first-order valence-corrected chi connectivity index (χ1v) is 12.5. The molecule has 1 N–H and O–H groups in total. The van der Waals surface area contributed by atoms with E-state index < -0.39 is 0 Å². The third-order valence-corrected chi connectivity index (χ3v) is 7.42. The zero-order valence-corrected chi connectivity index (χ0v) is 19.8. The number of hydrogen-bond acceptors (Lipinski definition) is 3. The number of nitrogens with zero attached hydrogens (tertiary/aromatic N) is 2. The first-order chi connectivity index (χ1) is 16.2. The van der Waals surface area contributed by atoms with Crippen LogP contribution >= 0.6 is 11.6 Å². The summed E-state index contributed by atoms with van der Waals surface area (Å²) in [6.45, 7) is 4.98. The summed E-state index contributed by atoms with van der Waals surface area (Å²) < 4.78 is 8.01. The van der Waals surface area contributed by atoms with Gasteiger partial charge in [-0.1, -0.05) is 48.0 Å². The number of para-hydroxylation sites is 1.